The monoisotopic (exact) mass is 331 g/mol. The smallest absolute Gasteiger partial charge is 0.238 e. The lowest BCUT2D eigenvalue weighted by molar-refractivity contribution is -0.129. The summed E-state index contributed by atoms with van der Waals surface area (Å²) >= 11 is 6.08. The Balaban J connectivity index is 2.09. The fraction of sp³-hybridized carbons (Fsp3) is 0.462. The van der Waals surface area contributed by atoms with Crippen LogP contribution in [0.5, 0.6) is 0 Å². The molecule has 1 aromatic rings. The topological polar surface area (TPSA) is 92.5 Å². The van der Waals surface area contributed by atoms with E-state index in [0.717, 1.165) is 12.8 Å². The van der Waals surface area contributed by atoms with Crippen LogP contribution in [0.2, 0.25) is 5.02 Å². The molecule has 1 amide bonds. The molecule has 0 atom stereocenters. The minimum absolute atomic E-state index is 0.0237. The van der Waals surface area contributed by atoms with Crippen molar-refractivity contribution in [3.8, 4) is 0 Å². The molecule has 1 aromatic carbocycles. The van der Waals surface area contributed by atoms with E-state index in [1.54, 1.807) is 11.8 Å². The number of piperidine rings is 1. The maximum Gasteiger partial charge on any atom is 0.238 e. The van der Waals surface area contributed by atoms with Gasteiger partial charge >= 0.3 is 0 Å². The Morgan fingerprint density at radius 1 is 1.38 bits per heavy atom. The average Bonchev–Trinajstić information content (AvgIpc) is 2.40. The van der Waals surface area contributed by atoms with Crippen LogP contribution in [0.25, 0.3) is 0 Å². The van der Waals surface area contributed by atoms with E-state index < -0.39 is 10.0 Å². The highest BCUT2D eigenvalue weighted by Gasteiger charge is 2.21. The Kier molecular flexibility index (Phi) is 4.75. The number of hydrogen-bond acceptors (Lipinski definition) is 4. The van der Waals surface area contributed by atoms with E-state index in [0.29, 0.717) is 23.8 Å². The molecule has 1 heterocycles. The molecule has 2 rings (SSSR count). The molecule has 0 aromatic heterocycles. The molecule has 0 spiro atoms. The van der Waals surface area contributed by atoms with Gasteiger partial charge in [0, 0.05) is 26.1 Å². The third-order valence-electron chi connectivity index (χ3n) is 3.57. The fourth-order valence-electron chi connectivity index (χ4n) is 2.35. The minimum Gasteiger partial charge on any atom is -0.381 e. The van der Waals surface area contributed by atoms with Gasteiger partial charge in [0.05, 0.1) is 15.6 Å². The highest BCUT2D eigenvalue weighted by atomic mass is 35.5. The number of anilines is 1. The summed E-state index contributed by atoms with van der Waals surface area (Å²) in [5, 5.41) is 8.79. The van der Waals surface area contributed by atoms with Crippen LogP contribution in [0, 0.1) is 0 Å². The molecule has 0 aliphatic carbocycles. The van der Waals surface area contributed by atoms with Crippen molar-refractivity contribution in [2.75, 3.05) is 18.4 Å². The minimum atomic E-state index is -3.75. The third kappa shape index (κ3) is 4.09. The van der Waals surface area contributed by atoms with Crippen LogP contribution in [0.4, 0.5) is 5.69 Å². The molecule has 6 nitrogen and oxygen atoms in total. The first kappa shape index (κ1) is 16.1. The number of hydrogen-bond donors (Lipinski definition) is 2. The molecule has 8 heteroatoms. The molecule has 1 aliphatic rings. The summed E-state index contributed by atoms with van der Waals surface area (Å²) in [6.45, 7) is 2.92. The number of primary sulfonamides is 1. The van der Waals surface area contributed by atoms with Gasteiger partial charge in [-0.15, -0.1) is 0 Å². The Hall–Kier alpha value is -1.31. The molecule has 3 N–H and O–H groups in total. The Morgan fingerprint density at radius 3 is 2.52 bits per heavy atom. The van der Waals surface area contributed by atoms with Crippen molar-refractivity contribution in [3.05, 3.63) is 23.2 Å². The molecule has 21 heavy (non-hydrogen) atoms. The van der Waals surface area contributed by atoms with Gasteiger partial charge in [0.25, 0.3) is 0 Å². The van der Waals surface area contributed by atoms with Gasteiger partial charge in [-0.25, -0.2) is 13.6 Å². The highest BCUT2D eigenvalue weighted by molar-refractivity contribution is 7.89. The largest absolute Gasteiger partial charge is 0.381 e. The summed E-state index contributed by atoms with van der Waals surface area (Å²) < 4.78 is 22.7. The lowest BCUT2D eigenvalue weighted by Crippen LogP contribution is -2.41. The zero-order valence-electron chi connectivity index (χ0n) is 11.7. The predicted octanol–water partition coefficient (Wildman–Crippen LogP) is 1.41. The number of benzene rings is 1. The van der Waals surface area contributed by atoms with E-state index in [-0.39, 0.29) is 16.8 Å². The lowest BCUT2D eigenvalue weighted by atomic mass is 10.0. The molecule has 0 bridgehead atoms. The maximum atomic E-state index is 11.4. The van der Waals surface area contributed by atoms with E-state index in [1.807, 2.05) is 0 Å². The summed E-state index contributed by atoms with van der Waals surface area (Å²) in [4.78, 5) is 13.1. The van der Waals surface area contributed by atoms with Crippen molar-refractivity contribution < 1.29 is 13.2 Å². The quantitative estimate of drug-likeness (QED) is 0.875. The van der Waals surface area contributed by atoms with E-state index in [1.165, 1.54) is 18.2 Å². The standard InChI is InChI=1S/C13H18ClN3O3S/c1-9(18)17-6-4-10(5-7-17)16-13-8-11(21(15,19)20)2-3-12(13)14/h2-3,8,10,16H,4-7H2,1H3,(H2,15,19,20). The van der Waals surface area contributed by atoms with Crippen LogP contribution in [0.3, 0.4) is 0 Å². The number of carbonyl (C=O) groups excluding carboxylic acids is 1. The van der Waals surface area contributed by atoms with Gasteiger partial charge in [0.2, 0.25) is 15.9 Å². The van der Waals surface area contributed by atoms with Gasteiger partial charge in [0.15, 0.2) is 0 Å². The average molecular weight is 332 g/mol. The van der Waals surface area contributed by atoms with Gasteiger partial charge in [-0.05, 0) is 31.0 Å². The first-order valence-corrected chi connectivity index (χ1v) is 8.54. The summed E-state index contributed by atoms with van der Waals surface area (Å²) in [5.74, 6) is 0.0719. The number of rotatable bonds is 3. The van der Waals surface area contributed by atoms with E-state index in [9.17, 15) is 13.2 Å². The summed E-state index contributed by atoms with van der Waals surface area (Å²) in [6, 6.07) is 4.47. The molecule has 1 saturated heterocycles. The van der Waals surface area contributed by atoms with Gasteiger partial charge in [-0.3, -0.25) is 4.79 Å². The van der Waals surface area contributed by atoms with Crippen molar-refractivity contribution in [1.29, 1.82) is 0 Å². The normalized spacial score (nSPS) is 16.8. The second-order valence-corrected chi connectivity index (χ2v) is 7.08. The number of likely N-dealkylation sites (tertiary alicyclic amines) is 1. The molecule has 1 fully saturated rings. The van der Waals surface area contributed by atoms with Crippen molar-refractivity contribution in [1.82, 2.24) is 4.90 Å². The molecule has 0 radical (unpaired) electrons. The SMILES string of the molecule is CC(=O)N1CCC(Nc2cc(S(N)(=O)=O)ccc2Cl)CC1. The number of carbonyl (C=O) groups is 1. The van der Waals surface area contributed by atoms with Crippen LogP contribution in [-0.2, 0) is 14.8 Å². The maximum absolute atomic E-state index is 11.4. The number of nitrogens with two attached hydrogens (primary N) is 1. The van der Waals surface area contributed by atoms with Crippen LogP contribution in [0.15, 0.2) is 23.1 Å². The first-order chi connectivity index (χ1) is 9.77. The fourth-order valence-corrected chi connectivity index (χ4v) is 3.06. The number of sulfonamides is 1. The molecule has 0 saturated carbocycles. The summed E-state index contributed by atoms with van der Waals surface area (Å²) in [6.07, 6.45) is 1.57. The van der Waals surface area contributed by atoms with Crippen molar-refractivity contribution in [2.24, 2.45) is 5.14 Å². The van der Waals surface area contributed by atoms with Crippen LogP contribution >= 0.6 is 11.6 Å². The zero-order valence-corrected chi connectivity index (χ0v) is 13.2. The second kappa shape index (κ2) is 6.21. The first-order valence-electron chi connectivity index (χ1n) is 6.62. The van der Waals surface area contributed by atoms with Gasteiger partial charge in [0.1, 0.15) is 0 Å². The van der Waals surface area contributed by atoms with Crippen LogP contribution in [0.1, 0.15) is 19.8 Å². The number of halogens is 1. The molecule has 1 aliphatic heterocycles. The zero-order chi connectivity index (χ0) is 15.6. The second-order valence-electron chi connectivity index (χ2n) is 5.11. The van der Waals surface area contributed by atoms with E-state index in [2.05, 4.69) is 5.32 Å². The summed E-state index contributed by atoms with van der Waals surface area (Å²) in [7, 11) is -3.75. The van der Waals surface area contributed by atoms with Crippen LogP contribution in [-0.4, -0.2) is 38.4 Å². The Labute approximate surface area is 129 Å². The molecular weight excluding hydrogens is 314 g/mol. The third-order valence-corrected chi connectivity index (χ3v) is 4.81. The lowest BCUT2D eigenvalue weighted by Gasteiger charge is -2.32. The van der Waals surface area contributed by atoms with E-state index >= 15 is 0 Å². The Morgan fingerprint density at radius 2 is 2.00 bits per heavy atom. The van der Waals surface area contributed by atoms with Crippen molar-refractivity contribution >= 4 is 33.2 Å². The van der Waals surface area contributed by atoms with E-state index in [4.69, 9.17) is 16.7 Å². The van der Waals surface area contributed by atoms with Gasteiger partial charge in [-0.1, -0.05) is 11.6 Å². The van der Waals surface area contributed by atoms with Gasteiger partial charge in [-0.2, -0.15) is 0 Å². The number of nitrogens with one attached hydrogen (secondary N) is 1. The van der Waals surface area contributed by atoms with Crippen molar-refractivity contribution in [2.45, 2.75) is 30.7 Å². The molecule has 116 valence electrons. The van der Waals surface area contributed by atoms with Crippen molar-refractivity contribution in [3.63, 3.8) is 0 Å². The number of amides is 1. The highest BCUT2D eigenvalue weighted by Crippen LogP contribution is 2.27. The number of nitrogens with zero attached hydrogens (tertiary/aromatic N) is 1. The Bertz CT molecular complexity index is 640. The molecule has 0 unspecified atom stereocenters. The van der Waals surface area contributed by atoms with Gasteiger partial charge < -0.3 is 10.2 Å². The predicted molar refractivity (Wildman–Crippen MR) is 81.7 cm³/mol. The summed E-state index contributed by atoms with van der Waals surface area (Å²) in [5.41, 5.74) is 0.546. The van der Waals surface area contributed by atoms with Crippen LogP contribution < -0.4 is 10.5 Å². The molecular formula is C13H18ClN3O3S.